The summed E-state index contributed by atoms with van der Waals surface area (Å²) in [6.07, 6.45) is 2.21. The van der Waals surface area contributed by atoms with Gasteiger partial charge in [-0.15, -0.1) is 0 Å². The number of anilines is 2. The van der Waals surface area contributed by atoms with Crippen molar-refractivity contribution in [2.75, 3.05) is 24.3 Å². The Hall–Kier alpha value is -1.92. The Morgan fingerprint density at radius 3 is 2.71 bits per heavy atom. The van der Waals surface area contributed by atoms with E-state index in [4.69, 9.17) is 0 Å². The lowest BCUT2D eigenvalue weighted by Gasteiger charge is -2.24. The number of nitrogens with zero attached hydrogens (tertiary/aromatic N) is 4. The molecule has 0 aliphatic heterocycles. The second-order valence-corrected chi connectivity index (χ2v) is 3.77. The van der Waals surface area contributed by atoms with Crippen molar-refractivity contribution in [3.05, 3.63) is 16.4 Å². The molecule has 7 nitrogen and oxygen atoms in total. The van der Waals surface area contributed by atoms with Gasteiger partial charge < -0.3 is 10.2 Å². The SMILES string of the molecule is CCC(C)N(C)c1ncnc(NC)c1[N+](=O)[O-]. The first kappa shape index (κ1) is 13.1. The number of nitro groups is 1. The van der Waals surface area contributed by atoms with Gasteiger partial charge in [-0.05, 0) is 13.3 Å². The first-order valence-corrected chi connectivity index (χ1v) is 5.42. The second-order valence-electron chi connectivity index (χ2n) is 3.77. The molecule has 0 aliphatic rings. The van der Waals surface area contributed by atoms with Crippen LogP contribution in [0.1, 0.15) is 20.3 Å². The van der Waals surface area contributed by atoms with Gasteiger partial charge in [-0.3, -0.25) is 10.1 Å². The van der Waals surface area contributed by atoms with Gasteiger partial charge in [0.25, 0.3) is 0 Å². The van der Waals surface area contributed by atoms with Crippen molar-refractivity contribution in [2.45, 2.75) is 26.3 Å². The highest BCUT2D eigenvalue weighted by Gasteiger charge is 2.26. The summed E-state index contributed by atoms with van der Waals surface area (Å²) in [5, 5.41) is 13.8. The fraction of sp³-hybridized carbons (Fsp3) is 0.600. The van der Waals surface area contributed by atoms with Gasteiger partial charge in [0.15, 0.2) is 0 Å². The largest absolute Gasteiger partial charge is 0.367 e. The van der Waals surface area contributed by atoms with Gasteiger partial charge in [-0.1, -0.05) is 6.92 Å². The van der Waals surface area contributed by atoms with Crippen molar-refractivity contribution in [2.24, 2.45) is 0 Å². The molecule has 1 heterocycles. The normalized spacial score (nSPS) is 12.0. The summed E-state index contributed by atoms with van der Waals surface area (Å²) in [6, 6.07) is 0.174. The molecule has 94 valence electrons. The lowest BCUT2D eigenvalue weighted by molar-refractivity contribution is -0.383. The molecule has 0 aromatic carbocycles. The Morgan fingerprint density at radius 2 is 2.24 bits per heavy atom. The molecule has 0 saturated carbocycles. The van der Waals surface area contributed by atoms with Crippen LogP contribution >= 0.6 is 0 Å². The summed E-state index contributed by atoms with van der Waals surface area (Å²) >= 11 is 0. The molecule has 1 unspecified atom stereocenters. The molecule has 1 aromatic heterocycles. The molecule has 0 aliphatic carbocycles. The summed E-state index contributed by atoms with van der Waals surface area (Å²) in [5.41, 5.74) is -0.0854. The van der Waals surface area contributed by atoms with E-state index in [1.807, 2.05) is 13.8 Å². The van der Waals surface area contributed by atoms with Gasteiger partial charge in [-0.2, -0.15) is 0 Å². The Kier molecular flexibility index (Phi) is 4.19. The molecule has 1 N–H and O–H groups in total. The van der Waals surface area contributed by atoms with E-state index in [9.17, 15) is 10.1 Å². The Balaban J connectivity index is 3.27. The highest BCUT2D eigenvalue weighted by molar-refractivity contribution is 5.70. The molecule has 0 saturated heterocycles. The maximum atomic E-state index is 11.1. The third-order valence-electron chi connectivity index (χ3n) is 2.81. The minimum Gasteiger partial charge on any atom is -0.367 e. The number of aromatic nitrogens is 2. The van der Waals surface area contributed by atoms with Crippen LogP contribution in [0.3, 0.4) is 0 Å². The predicted octanol–water partition coefficient (Wildman–Crippen LogP) is 1.66. The fourth-order valence-corrected chi connectivity index (χ4v) is 1.46. The summed E-state index contributed by atoms with van der Waals surface area (Å²) in [6.45, 7) is 4.01. The van der Waals surface area contributed by atoms with E-state index in [-0.39, 0.29) is 17.5 Å². The van der Waals surface area contributed by atoms with Gasteiger partial charge in [0.1, 0.15) is 6.33 Å². The van der Waals surface area contributed by atoms with Gasteiger partial charge in [0.2, 0.25) is 11.6 Å². The Bertz CT molecular complexity index is 410. The Labute approximate surface area is 100 Å². The molecular weight excluding hydrogens is 222 g/mol. The lowest BCUT2D eigenvalue weighted by atomic mass is 10.2. The average molecular weight is 239 g/mol. The van der Waals surface area contributed by atoms with E-state index in [1.54, 1.807) is 19.0 Å². The van der Waals surface area contributed by atoms with Crippen molar-refractivity contribution in [3.8, 4) is 0 Å². The van der Waals surface area contributed by atoms with Crippen LogP contribution < -0.4 is 10.2 Å². The number of hydrogen-bond donors (Lipinski definition) is 1. The quantitative estimate of drug-likeness (QED) is 0.621. The minimum absolute atomic E-state index is 0.0854. The second kappa shape index (κ2) is 5.42. The zero-order chi connectivity index (χ0) is 13.0. The van der Waals surface area contributed by atoms with Crippen LogP contribution in [0.15, 0.2) is 6.33 Å². The number of nitrogens with one attached hydrogen (secondary N) is 1. The minimum atomic E-state index is -0.458. The van der Waals surface area contributed by atoms with Crippen LogP contribution in [0.4, 0.5) is 17.3 Å². The standard InChI is InChI=1S/C10H17N5O2/c1-5-7(2)14(4)10-8(15(16)17)9(11-3)12-6-13-10/h6-7H,5H2,1-4H3,(H,11,12,13). The van der Waals surface area contributed by atoms with Crippen LogP contribution in [0.2, 0.25) is 0 Å². The van der Waals surface area contributed by atoms with Crippen LogP contribution in [-0.4, -0.2) is 35.0 Å². The molecule has 0 radical (unpaired) electrons. The molecule has 0 amide bonds. The van der Waals surface area contributed by atoms with Gasteiger partial charge in [-0.25, -0.2) is 9.97 Å². The monoisotopic (exact) mass is 239 g/mol. The topological polar surface area (TPSA) is 84.2 Å². The average Bonchev–Trinajstić information content (AvgIpc) is 2.35. The molecule has 7 heteroatoms. The van der Waals surface area contributed by atoms with Crippen LogP contribution in [-0.2, 0) is 0 Å². The molecule has 0 bridgehead atoms. The smallest absolute Gasteiger partial charge is 0.353 e. The molecule has 1 atom stereocenters. The molecule has 17 heavy (non-hydrogen) atoms. The number of rotatable bonds is 5. The summed E-state index contributed by atoms with van der Waals surface area (Å²) in [4.78, 5) is 20.3. The van der Waals surface area contributed by atoms with E-state index < -0.39 is 4.92 Å². The van der Waals surface area contributed by atoms with Crippen LogP contribution in [0.5, 0.6) is 0 Å². The molecular formula is C10H17N5O2. The van der Waals surface area contributed by atoms with Crippen molar-refractivity contribution in [3.63, 3.8) is 0 Å². The van der Waals surface area contributed by atoms with Crippen molar-refractivity contribution in [1.29, 1.82) is 0 Å². The van der Waals surface area contributed by atoms with E-state index in [0.29, 0.717) is 5.82 Å². The van der Waals surface area contributed by atoms with Crippen LogP contribution in [0, 0.1) is 10.1 Å². The highest BCUT2D eigenvalue weighted by Crippen LogP contribution is 2.31. The summed E-state index contributed by atoms with van der Waals surface area (Å²) in [5.74, 6) is 0.568. The van der Waals surface area contributed by atoms with E-state index >= 15 is 0 Å². The maximum absolute atomic E-state index is 11.1. The van der Waals surface area contributed by atoms with Gasteiger partial charge in [0, 0.05) is 20.1 Å². The molecule has 0 fully saturated rings. The predicted molar refractivity (Wildman–Crippen MR) is 66.4 cm³/mol. The van der Waals surface area contributed by atoms with E-state index in [2.05, 4.69) is 15.3 Å². The number of hydrogen-bond acceptors (Lipinski definition) is 6. The van der Waals surface area contributed by atoms with E-state index in [1.165, 1.54) is 6.33 Å². The van der Waals surface area contributed by atoms with Crippen molar-refractivity contribution in [1.82, 2.24) is 9.97 Å². The lowest BCUT2D eigenvalue weighted by Crippen LogP contribution is -2.29. The van der Waals surface area contributed by atoms with Crippen molar-refractivity contribution < 1.29 is 4.92 Å². The molecule has 1 rings (SSSR count). The third kappa shape index (κ3) is 2.61. The van der Waals surface area contributed by atoms with Gasteiger partial charge in [0.05, 0.1) is 4.92 Å². The van der Waals surface area contributed by atoms with E-state index in [0.717, 1.165) is 6.42 Å². The fourth-order valence-electron chi connectivity index (χ4n) is 1.46. The first-order chi connectivity index (χ1) is 8.02. The maximum Gasteiger partial charge on any atom is 0.353 e. The van der Waals surface area contributed by atoms with Crippen molar-refractivity contribution >= 4 is 17.3 Å². The van der Waals surface area contributed by atoms with Gasteiger partial charge >= 0.3 is 5.69 Å². The zero-order valence-electron chi connectivity index (χ0n) is 10.5. The Morgan fingerprint density at radius 1 is 1.59 bits per heavy atom. The third-order valence-corrected chi connectivity index (χ3v) is 2.81. The molecule has 0 spiro atoms. The zero-order valence-corrected chi connectivity index (χ0v) is 10.5. The first-order valence-electron chi connectivity index (χ1n) is 5.42. The summed E-state index contributed by atoms with van der Waals surface area (Å²) < 4.78 is 0. The molecule has 1 aromatic rings. The summed E-state index contributed by atoms with van der Waals surface area (Å²) in [7, 11) is 3.39. The van der Waals surface area contributed by atoms with Crippen LogP contribution in [0.25, 0.3) is 0 Å². The highest BCUT2D eigenvalue weighted by atomic mass is 16.6.